The highest BCUT2D eigenvalue weighted by molar-refractivity contribution is 9.10. The summed E-state index contributed by atoms with van der Waals surface area (Å²) < 4.78 is 15.8. The van der Waals surface area contributed by atoms with E-state index in [4.69, 9.17) is 0 Å². The second-order valence-electron chi connectivity index (χ2n) is 3.75. The number of para-hydroxylation sites is 1. The van der Waals surface area contributed by atoms with E-state index in [0.29, 0.717) is 22.5 Å². The molecule has 0 unspecified atom stereocenters. The highest BCUT2D eigenvalue weighted by Crippen LogP contribution is 2.23. The summed E-state index contributed by atoms with van der Waals surface area (Å²) in [6.07, 6.45) is 1.02. The van der Waals surface area contributed by atoms with Crippen LogP contribution in [0.2, 0.25) is 0 Å². The Balaban J connectivity index is 2.31. The van der Waals surface area contributed by atoms with Crippen LogP contribution in [-0.2, 0) is 6.54 Å². The highest BCUT2D eigenvalue weighted by atomic mass is 79.9. The third kappa shape index (κ3) is 2.73. The topological polar surface area (TPSA) is 55.6 Å². The average Bonchev–Trinajstić information content (AvgIpc) is 2.78. The number of hydrogen-bond donors (Lipinski definition) is 1. The first kappa shape index (κ1) is 13.1. The van der Waals surface area contributed by atoms with Crippen molar-refractivity contribution in [1.29, 1.82) is 0 Å². The van der Waals surface area contributed by atoms with Gasteiger partial charge in [0.05, 0.1) is 6.54 Å². The van der Waals surface area contributed by atoms with Crippen LogP contribution in [0.5, 0.6) is 0 Å². The van der Waals surface area contributed by atoms with Gasteiger partial charge in [-0.3, -0.25) is 0 Å². The van der Waals surface area contributed by atoms with Crippen LogP contribution in [0.15, 0.2) is 22.7 Å². The molecule has 0 fully saturated rings. The molecule has 0 radical (unpaired) electrons. The molecule has 2 aromatic rings. The van der Waals surface area contributed by atoms with Gasteiger partial charge in [0.1, 0.15) is 11.5 Å². The fourth-order valence-electron chi connectivity index (χ4n) is 1.56. The second-order valence-corrected chi connectivity index (χ2v) is 4.61. The number of rotatable bonds is 5. The molecule has 1 aromatic heterocycles. The monoisotopic (exact) mass is 313 g/mol. The van der Waals surface area contributed by atoms with Gasteiger partial charge >= 0.3 is 0 Å². The van der Waals surface area contributed by atoms with E-state index in [1.165, 1.54) is 10.7 Å². The molecule has 0 saturated heterocycles. The minimum Gasteiger partial charge on any atom is -0.310 e. The number of benzene rings is 1. The molecule has 0 saturated carbocycles. The fourth-order valence-corrected chi connectivity index (χ4v) is 2.07. The largest absolute Gasteiger partial charge is 0.310 e. The molecule has 7 heteroatoms. The lowest BCUT2D eigenvalue weighted by Crippen LogP contribution is -2.18. The lowest BCUT2D eigenvalue weighted by molar-refractivity contribution is 0.589. The number of nitrogens with one attached hydrogen (secondary N) is 1. The zero-order valence-corrected chi connectivity index (χ0v) is 11.5. The summed E-state index contributed by atoms with van der Waals surface area (Å²) in [7, 11) is 0. The Labute approximate surface area is 113 Å². The predicted molar refractivity (Wildman–Crippen MR) is 68.8 cm³/mol. The first-order valence-electron chi connectivity index (χ1n) is 5.66. The Kier molecular flexibility index (Phi) is 4.38. The van der Waals surface area contributed by atoms with Crippen molar-refractivity contribution in [3.63, 3.8) is 0 Å². The van der Waals surface area contributed by atoms with Crippen molar-refractivity contribution in [2.45, 2.75) is 19.9 Å². The van der Waals surface area contributed by atoms with Crippen LogP contribution >= 0.6 is 15.9 Å². The number of aromatic nitrogens is 4. The molecule has 0 amide bonds. The Morgan fingerprint density at radius 3 is 3.00 bits per heavy atom. The Hall–Kier alpha value is -1.34. The van der Waals surface area contributed by atoms with E-state index in [2.05, 4.69) is 43.7 Å². The Bertz CT molecular complexity index is 508. The van der Waals surface area contributed by atoms with E-state index in [-0.39, 0.29) is 5.82 Å². The van der Waals surface area contributed by atoms with Crippen LogP contribution in [-0.4, -0.2) is 26.8 Å². The molecule has 0 spiro atoms. The van der Waals surface area contributed by atoms with Crippen LogP contribution in [0.1, 0.15) is 19.2 Å². The smallest absolute Gasteiger partial charge is 0.170 e. The van der Waals surface area contributed by atoms with Crippen LogP contribution < -0.4 is 5.32 Å². The summed E-state index contributed by atoms with van der Waals surface area (Å²) in [4.78, 5) is 0. The lowest BCUT2D eigenvalue weighted by atomic mass is 10.3. The van der Waals surface area contributed by atoms with E-state index in [1.807, 2.05) is 0 Å². The SMILES string of the molecule is CCCNCc1nnnn1-c1c(F)cccc1Br. The average molecular weight is 314 g/mol. The lowest BCUT2D eigenvalue weighted by Gasteiger charge is -2.08. The molecule has 0 aliphatic carbocycles. The molecule has 2 rings (SSSR count). The number of nitrogens with zero attached hydrogens (tertiary/aromatic N) is 4. The quantitative estimate of drug-likeness (QED) is 0.859. The molecule has 0 bridgehead atoms. The van der Waals surface area contributed by atoms with Crippen molar-refractivity contribution in [2.75, 3.05) is 6.54 Å². The van der Waals surface area contributed by atoms with Crippen molar-refractivity contribution < 1.29 is 4.39 Å². The first-order chi connectivity index (χ1) is 8.74. The van der Waals surface area contributed by atoms with Gasteiger partial charge in [0.25, 0.3) is 0 Å². The zero-order valence-electron chi connectivity index (χ0n) is 9.90. The number of halogens is 2. The summed E-state index contributed by atoms with van der Waals surface area (Å²) in [6.45, 7) is 3.44. The molecule has 1 heterocycles. The molecule has 0 aliphatic heterocycles. The zero-order chi connectivity index (χ0) is 13.0. The molecule has 1 aromatic carbocycles. The van der Waals surface area contributed by atoms with Gasteiger partial charge in [-0.25, -0.2) is 4.39 Å². The number of hydrogen-bond acceptors (Lipinski definition) is 4. The van der Waals surface area contributed by atoms with Gasteiger partial charge in [-0.1, -0.05) is 13.0 Å². The van der Waals surface area contributed by atoms with Crippen molar-refractivity contribution in [3.8, 4) is 5.69 Å². The van der Waals surface area contributed by atoms with E-state index in [9.17, 15) is 4.39 Å². The van der Waals surface area contributed by atoms with Gasteiger partial charge < -0.3 is 5.32 Å². The normalized spacial score (nSPS) is 10.8. The minimum atomic E-state index is -0.367. The summed E-state index contributed by atoms with van der Waals surface area (Å²) in [6, 6.07) is 4.76. The third-order valence-electron chi connectivity index (χ3n) is 2.39. The summed E-state index contributed by atoms with van der Waals surface area (Å²) in [5.41, 5.74) is 0.329. The molecule has 96 valence electrons. The summed E-state index contributed by atoms with van der Waals surface area (Å²) in [5, 5.41) is 14.5. The van der Waals surface area contributed by atoms with Crippen LogP contribution in [0.3, 0.4) is 0 Å². The van der Waals surface area contributed by atoms with Gasteiger partial charge in [-0.05, 0) is 51.5 Å². The molecule has 18 heavy (non-hydrogen) atoms. The van der Waals surface area contributed by atoms with Crippen molar-refractivity contribution in [1.82, 2.24) is 25.5 Å². The number of tetrazole rings is 1. The molecular formula is C11H13BrFN5. The van der Waals surface area contributed by atoms with E-state index in [0.717, 1.165) is 13.0 Å². The van der Waals surface area contributed by atoms with Crippen LogP contribution in [0.4, 0.5) is 4.39 Å². The maximum atomic E-state index is 13.8. The van der Waals surface area contributed by atoms with Crippen molar-refractivity contribution in [2.24, 2.45) is 0 Å². The molecule has 0 aliphatic rings. The minimum absolute atomic E-state index is 0.329. The molecule has 5 nitrogen and oxygen atoms in total. The van der Waals surface area contributed by atoms with E-state index in [1.54, 1.807) is 12.1 Å². The Morgan fingerprint density at radius 2 is 2.28 bits per heavy atom. The highest BCUT2D eigenvalue weighted by Gasteiger charge is 2.14. The fraction of sp³-hybridized carbons (Fsp3) is 0.364. The standard InChI is InChI=1S/C11H13BrFN5/c1-2-6-14-7-10-15-16-17-18(10)11-8(12)4-3-5-9(11)13/h3-5,14H,2,6-7H2,1H3. The summed E-state index contributed by atoms with van der Waals surface area (Å²) in [5.74, 6) is 0.211. The third-order valence-corrected chi connectivity index (χ3v) is 3.03. The molecular weight excluding hydrogens is 301 g/mol. The van der Waals surface area contributed by atoms with Crippen LogP contribution in [0, 0.1) is 5.82 Å². The Morgan fingerprint density at radius 1 is 1.44 bits per heavy atom. The van der Waals surface area contributed by atoms with Gasteiger partial charge in [0, 0.05) is 4.47 Å². The van der Waals surface area contributed by atoms with E-state index < -0.39 is 0 Å². The predicted octanol–water partition coefficient (Wildman–Crippen LogP) is 2.06. The van der Waals surface area contributed by atoms with Gasteiger partial charge in [-0.15, -0.1) is 5.10 Å². The molecule has 1 N–H and O–H groups in total. The molecule has 0 atom stereocenters. The van der Waals surface area contributed by atoms with E-state index >= 15 is 0 Å². The maximum Gasteiger partial charge on any atom is 0.170 e. The maximum absolute atomic E-state index is 13.8. The summed E-state index contributed by atoms with van der Waals surface area (Å²) >= 11 is 3.31. The van der Waals surface area contributed by atoms with Crippen LogP contribution in [0.25, 0.3) is 5.69 Å². The first-order valence-corrected chi connectivity index (χ1v) is 6.45. The van der Waals surface area contributed by atoms with Gasteiger partial charge in [0.15, 0.2) is 5.82 Å². The van der Waals surface area contributed by atoms with Gasteiger partial charge in [-0.2, -0.15) is 4.68 Å². The van der Waals surface area contributed by atoms with Gasteiger partial charge in [0.2, 0.25) is 0 Å². The van der Waals surface area contributed by atoms with Crippen molar-refractivity contribution in [3.05, 3.63) is 34.3 Å². The van der Waals surface area contributed by atoms with Crippen molar-refractivity contribution >= 4 is 15.9 Å². The second kappa shape index (κ2) is 6.01.